The van der Waals surface area contributed by atoms with Crippen molar-refractivity contribution in [3.63, 3.8) is 0 Å². The Bertz CT molecular complexity index is 573. The molecule has 7 heteroatoms. The number of nitrogens with one attached hydrogen (secondary N) is 3. The summed E-state index contributed by atoms with van der Waals surface area (Å²) in [4.78, 5) is 4.32. The minimum atomic E-state index is -0.232. The summed E-state index contributed by atoms with van der Waals surface area (Å²) in [5.74, 6) is 0.298. The van der Waals surface area contributed by atoms with Gasteiger partial charge in [0.15, 0.2) is 5.65 Å². The Balaban J connectivity index is 0.00000147. The molecule has 4 N–H and O–H groups in total. The molecule has 20 heavy (non-hydrogen) atoms. The zero-order valence-electron chi connectivity index (χ0n) is 11.4. The van der Waals surface area contributed by atoms with Crippen molar-refractivity contribution >= 4 is 23.4 Å². The number of H-pyrrole nitrogens is 1. The molecule has 0 aliphatic carbocycles. The fraction of sp³-hybridized carbons (Fsp3) is 0.538. The maximum absolute atomic E-state index is 9.71. The van der Waals surface area contributed by atoms with Crippen LogP contribution < -0.4 is 10.6 Å². The normalized spacial score (nSPS) is 22.1. The molecule has 0 amide bonds. The number of aliphatic hydroxyl groups excluding tert-OH is 1. The number of rotatable bonds is 4. The Morgan fingerprint density at radius 3 is 3.05 bits per heavy atom. The molecule has 1 aliphatic rings. The summed E-state index contributed by atoms with van der Waals surface area (Å²) in [6.07, 6.45) is 1.61. The quantitative estimate of drug-likeness (QED) is 0.655. The summed E-state index contributed by atoms with van der Waals surface area (Å²) < 4.78 is 0. The van der Waals surface area contributed by atoms with Crippen molar-refractivity contribution in [3.8, 4) is 0 Å². The molecule has 1 fully saturated rings. The van der Waals surface area contributed by atoms with E-state index in [1.165, 1.54) is 0 Å². The molecular weight excluding hydrogens is 278 g/mol. The topological polar surface area (TPSA) is 85.9 Å². The van der Waals surface area contributed by atoms with Crippen LogP contribution in [0.25, 0.3) is 11.0 Å². The first-order valence-electron chi connectivity index (χ1n) is 6.63. The van der Waals surface area contributed by atoms with Gasteiger partial charge in [-0.1, -0.05) is 0 Å². The lowest BCUT2D eigenvalue weighted by molar-refractivity contribution is 0.146. The van der Waals surface area contributed by atoms with Gasteiger partial charge in [0, 0.05) is 49.4 Å². The number of hydrogen-bond acceptors (Lipinski definition) is 5. The number of aromatic amines is 1. The molecular formula is C13H20ClN5O. The van der Waals surface area contributed by atoms with Crippen LogP contribution in [-0.2, 0) is 6.54 Å². The number of nitrogens with zero attached hydrogens (tertiary/aromatic N) is 2. The highest BCUT2D eigenvalue weighted by Crippen LogP contribution is 2.14. The van der Waals surface area contributed by atoms with Crippen LogP contribution in [-0.4, -0.2) is 46.0 Å². The van der Waals surface area contributed by atoms with E-state index < -0.39 is 0 Å². The van der Waals surface area contributed by atoms with E-state index in [-0.39, 0.29) is 18.5 Å². The molecule has 2 unspecified atom stereocenters. The highest BCUT2D eigenvalue weighted by molar-refractivity contribution is 5.85. The molecule has 1 saturated heterocycles. The molecule has 2 atom stereocenters. The first-order valence-corrected chi connectivity index (χ1v) is 6.63. The van der Waals surface area contributed by atoms with E-state index in [0.29, 0.717) is 12.5 Å². The largest absolute Gasteiger partial charge is 0.391 e. The monoisotopic (exact) mass is 297 g/mol. The molecule has 0 radical (unpaired) electrons. The van der Waals surface area contributed by atoms with Gasteiger partial charge in [0.25, 0.3) is 0 Å². The summed E-state index contributed by atoms with van der Waals surface area (Å²) in [6, 6.07) is 2.11. The number of β-amino-alcohol motifs (C(OH)–C–C–N with tert-alkyl or cyclic N) is 1. The van der Waals surface area contributed by atoms with Gasteiger partial charge in [0.05, 0.1) is 6.10 Å². The molecule has 0 saturated carbocycles. The van der Waals surface area contributed by atoms with Crippen molar-refractivity contribution in [2.75, 3.05) is 19.6 Å². The second-order valence-electron chi connectivity index (χ2n) is 5.18. The van der Waals surface area contributed by atoms with Gasteiger partial charge in [-0.25, -0.2) is 4.98 Å². The second kappa shape index (κ2) is 6.49. The van der Waals surface area contributed by atoms with Gasteiger partial charge >= 0.3 is 0 Å². The first kappa shape index (κ1) is 15.2. The highest BCUT2D eigenvalue weighted by atomic mass is 35.5. The van der Waals surface area contributed by atoms with Crippen LogP contribution in [0.2, 0.25) is 0 Å². The van der Waals surface area contributed by atoms with Crippen molar-refractivity contribution in [3.05, 3.63) is 23.5 Å². The molecule has 0 aromatic carbocycles. The predicted molar refractivity (Wildman–Crippen MR) is 79.9 cm³/mol. The smallest absolute Gasteiger partial charge is 0.181 e. The molecule has 0 bridgehead atoms. The molecule has 0 spiro atoms. The van der Waals surface area contributed by atoms with Gasteiger partial charge in [-0.2, -0.15) is 5.10 Å². The third kappa shape index (κ3) is 3.09. The average molecular weight is 298 g/mol. The number of pyridine rings is 1. The van der Waals surface area contributed by atoms with E-state index in [4.69, 9.17) is 0 Å². The summed E-state index contributed by atoms with van der Waals surface area (Å²) in [5, 5.41) is 24.4. The van der Waals surface area contributed by atoms with Gasteiger partial charge in [-0.3, -0.25) is 5.10 Å². The maximum atomic E-state index is 9.71. The van der Waals surface area contributed by atoms with Crippen LogP contribution >= 0.6 is 12.4 Å². The maximum Gasteiger partial charge on any atom is 0.181 e. The Morgan fingerprint density at radius 1 is 1.45 bits per heavy atom. The molecule has 1 aliphatic heterocycles. The zero-order chi connectivity index (χ0) is 13.2. The lowest BCUT2D eigenvalue weighted by atomic mass is 10.1. The third-order valence-corrected chi connectivity index (χ3v) is 3.70. The Morgan fingerprint density at radius 2 is 2.30 bits per heavy atom. The van der Waals surface area contributed by atoms with Crippen LogP contribution in [0, 0.1) is 12.8 Å². The third-order valence-electron chi connectivity index (χ3n) is 3.70. The Kier molecular flexibility index (Phi) is 4.93. The van der Waals surface area contributed by atoms with Gasteiger partial charge in [0.1, 0.15) is 0 Å². The average Bonchev–Trinajstić information content (AvgIpc) is 2.98. The number of aryl methyl sites for hydroxylation is 1. The van der Waals surface area contributed by atoms with Gasteiger partial charge in [-0.15, -0.1) is 12.4 Å². The highest BCUT2D eigenvalue weighted by Gasteiger charge is 2.23. The van der Waals surface area contributed by atoms with Crippen molar-refractivity contribution in [2.24, 2.45) is 5.92 Å². The summed E-state index contributed by atoms with van der Waals surface area (Å²) in [5.41, 5.74) is 2.94. The van der Waals surface area contributed by atoms with Crippen LogP contribution in [0.1, 0.15) is 11.3 Å². The van der Waals surface area contributed by atoms with Crippen LogP contribution in [0.4, 0.5) is 0 Å². The van der Waals surface area contributed by atoms with E-state index in [1.807, 2.05) is 13.1 Å². The second-order valence-corrected chi connectivity index (χ2v) is 5.18. The summed E-state index contributed by atoms with van der Waals surface area (Å²) in [6.45, 7) is 5.16. The molecule has 3 rings (SSSR count). The Hall–Kier alpha value is -1.21. The number of hydrogen-bond donors (Lipinski definition) is 4. The SMILES string of the molecule is Cc1[nH]nc2ncc(CNCC3CNCC3O)cc12.Cl. The van der Waals surface area contributed by atoms with Crippen molar-refractivity contribution in [1.29, 1.82) is 0 Å². The van der Waals surface area contributed by atoms with Gasteiger partial charge in [0.2, 0.25) is 0 Å². The Labute approximate surface area is 123 Å². The molecule has 110 valence electrons. The predicted octanol–water partition coefficient (Wildman–Crippen LogP) is 0.358. The van der Waals surface area contributed by atoms with Crippen molar-refractivity contribution in [1.82, 2.24) is 25.8 Å². The standard InChI is InChI=1S/C13H19N5O.ClH/c1-8-11-2-9(4-16-13(11)18-17-8)3-14-5-10-6-15-7-12(10)19;/h2,4,10,12,14-15,19H,3,5-7H2,1H3,(H,16,17,18);1H. The fourth-order valence-electron chi connectivity index (χ4n) is 2.49. The molecule has 2 aromatic heterocycles. The summed E-state index contributed by atoms with van der Waals surface area (Å²) in [7, 11) is 0. The molecule has 2 aromatic rings. The minimum Gasteiger partial charge on any atom is -0.391 e. The lowest BCUT2D eigenvalue weighted by Crippen LogP contribution is -2.30. The fourth-order valence-corrected chi connectivity index (χ4v) is 2.49. The van der Waals surface area contributed by atoms with Gasteiger partial charge < -0.3 is 15.7 Å². The van der Waals surface area contributed by atoms with Crippen LogP contribution in [0.3, 0.4) is 0 Å². The van der Waals surface area contributed by atoms with E-state index in [0.717, 1.165) is 41.9 Å². The number of aromatic nitrogens is 3. The van der Waals surface area contributed by atoms with Crippen LogP contribution in [0.15, 0.2) is 12.3 Å². The summed E-state index contributed by atoms with van der Waals surface area (Å²) >= 11 is 0. The van der Waals surface area contributed by atoms with Crippen molar-refractivity contribution in [2.45, 2.75) is 19.6 Å². The molecule has 3 heterocycles. The number of fused-ring (bicyclic) bond motifs is 1. The van der Waals surface area contributed by atoms with E-state index in [1.54, 1.807) is 0 Å². The number of aliphatic hydroxyl groups is 1. The van der Waals surface area contributed by atoms with E-state index in [2.05, 4.69) is 31.9 Å². The lowest BCUT2D eigenvalue weighted by Gasteiger charge is -2.13. The van der Waals surface area contributed by atoms with Crippen molar-refractivity contribution < 1.29 is 5.11 Å². The van der Waals surface area contributed by atoms with Gasteiger partial charge in [-0.05, 0) is 18.6 Å². The van der Waals surface area contributed by atoms with Crippen LogP contribution in [0.5, 0.6) is 0 Å². The number of halogens is 1. The molecule has 6 nitrogen and oxygen atoms in total. The zero-order valence-corrected chi connectivity index (χ0v) is 12.2. The van der Waals surface area contributed by atoms with E-state index >= 15 is 0 Å². The van der Waals surface area contributed by atoms with E-state index in [9.17, 15) is 5.11 Å². The minimum absolute atomic E-state index is 0. The first-order chi connectivity index (χ1) is 9.24.